The number of hydrogen-bond donors (Lipinski definition) is 0. The molecule has 24 heavy (non-hydrogen) atoms. The van der Waals surface area contributed by atoms with Crippen LogP contribution < -0.4 is 0 Å². The summed E-state index contributed by atoms with van der Waals surface area (Å²) in [5, 5.41) is 4.84. The molecular formula is C20H27N3O. The van der Waals surface area contributed by atoms with Gasteiger partial charge in [-0.3, -0.25) is 4.79 Å². The number of ketones is 1. The highest BCUT2D eigenvalue weighted by molar-refractivity contribution is 5.99. The normalized spacial score (nSPS) is 12.8. The van der Waals surface area contributed by atoms with Crippen molar-refractivity contribution in [1.29, 1.82) is 0 Å². The van der Waals surface area contributed by atoms with Crippen LogP contribution in [-0.4, -0.2) is 21.2 Å². The summed E-state index contributed by atoms with van der Waals surface area (Å²) in [4.78, 5) is 16.0. The Morgan fingerprint density at radius 1 is 1.08 bits per heavy atom. The molecule has 2 aromatic rings. The van der Waals surface area contributed by atoms with Crippen LogP contribution >= 0.6 is 0 Å². The topological polar surface area (TPSA) is 47.2 Å². The van der Waals surface area contributed by atoms with Crippen LogP contribution in [0, 0.1) is 0 Å². The summed E-state index contributed by atoms with van der Waals surface area (Å²) in [5.74, 6) is 0.332. The van der Waals surface area contributed by atoms with Gasteiger partial charge in [0.15, 0.2) is 5.78 Å². The minimum atomic E-state index is -0.0381. The van der Waals surface area contributed by atoms with Crippen molar-refractivity contribution >= 4 is 11.5 Å². The number of nitrogens with zero attached hydrogens (tertiary/aromatic N) is 3. The zero-order valence-electron chi connectivity index (χ0n) is 15.7. The second kappa shape index (κ2) is 6.71. The Morgan fingerprint density at radius 3 is 2.25 bits per heavy atom. The average molecular weight is 325 g/mol. The monoisotopic (exact) mass is 325 g/mol. The van der Waals surface area contributed by atoms with Crippen LogP contribution in [-0.2, 0) is 5.41 Å². The Morgan fingerprint density at radius 2 is 1.71 bits per heavy atom. The number of carbonyl (C=O) groups is 1. The van der Waals surface area contributed by atoms with Gasteiger partial charge in [-0.2, -0.15) is 5.10 Å². The lowest BCUT2D eigenvalue weighted by atomic mass is 9.92. The zero-order valence-corrected chi connectivity index (χ0v) is 15.7. The van der Waals surface area contributed by atoms with Gasteiger partial charge in [0, 0.05) is 23.7 Å². The van der Waals surface area contributed by atoms with Gasteiger partial charge >= 0.3 is 0 Å². The maximum absolute atomic E-state index is 11.6. The lowest BCUT2D eigenvalue weighted by Crippen LogP contribution is -2.18. The van der Waals surface area contributed by atoms with Crippen molar-refractivity contribution in [2.75, 3.05) is 0 Å². The third-order valence-electron chi connectivity index (χ3n) is 3.98. The maximum atomic E-state index is 11.6. The van der Waals surface area contributed by atoms with Gasteiger partial charge in [0.25, 0.3) is 0 Å². The summed E-state index contributed by atoms with van der Waals surface area (Å²) in [6.45, 7) is 14.3. The van der Waals surface area contributed by atoms with Crippen LogP contribution in [0.25, 0.3) is 0 Å². The second-order valence-electron chi connectivity index (χ2n) is 7.51. The Kier molecular flexibility index (Phi) is 5.07. The highest BCUT2D eigenvalue weighted by atomic mass is 16.1. The SMILES string of the molecule is CC(=O)c1cccc(/C(C)=N/n2c(C(C)C)ccc2C(C)(C)C)n1. The molecule has 0 aliphatic carbocycles. The molecule has 0 unspecified atom stereocenters. The van der Waals surface area contributed by atoms with Gasteiger partial charge in [0.2, 0.25) is 0 Å². The molecule has 0 spiro atoms. The molecule has 0 aliphatic heterocycles. The molecule has 2 heterocycles. The fourth-order valence-corrected chi connectivity index (χ4v) is 2.59. The van der Waals surface area contributed by atoms with E-state index in [9.17, 15) is 4.79 Å². The number of aromatic nitrogens is 2. The highest BCUT2D eigenvalue weighted by Gasteiger charge is 2.22. The maximum Gasteiger partial charge on any atom is 0.178 e. The van der Waals surface area contributed by atoms with Crippen LogP contribution in [0.2, 0.25) is 0 Å². The second-order valence-corrected chi connectivity index (χ2v) is 7.51. The van der Waals surface area contributed by atoms with Crippen LogP contribution in [0.3, 0.4) is 0 Å². The van der Waals surface area contributed by atoms with E-state index in [2.05, 4.69) is 51.7 Å². The first kappa shape index (κ1) is 18.1. The van der Waals surface area contributed by atoms with E-state index in [0.29, 0.717) is 11.6 Å². The Bertz CT molecular complexity index is 776. The van der Waals surface area contributed by atoms with Crippen LogP contribution in [0.5, 0.6) is 0 Å². The van der Waals surface area contributed by atoms with Crippen LogP contribution in [0.1, 0.15) is 82.0 Å². The fraction of sp³-hybridized carbons (Fsp3) is 0.450. The summed E-state index contributed by atoms with van der Waals surface area (Å²) in [7, 11) is 0. The summed E-state index contributed by atoms with van der Waals surface area (Å²) < 4.78 is 2.03. The van der Waals surface area contributed by atoms with E-state index in [1.807, 2.05) is 23.7 Å². The molecule has 0 aromatic carbocycles. The largest absolute Gasteiger partial charge is 0.293 e. The summed E-state index contributed by atoms with van der Waals surface area (Å²) in [5.41, 5.74) is 4.31. The van der Waals surface area contributed by atoms with E-state index in [0.717, 1.165) is 17.1 Å². The number of rotatable bonds is 4. The van der Waals surface area contributed by atoms with E-state index in [1.54, 1.807) is 6.07 Å². The standard InChI is InChI=1S/C20H27N3O/c1-13(2)18-11-12-19(20(5,6)7)23(18)22-14(3)16-9-8-10-17(21-16)15(4)24/h8-13H,1-7H3/b22-14+. The molecule has 0 amide bonds. The summed E-state index contributed by atoms with van der Waals surface area (Å²) in [6.07, 6.45) is 0. The predicted molar refractivity (Wildman–Crippen MR) is 99.1 cm³/mol. The number of hydrogen-bond acceptors (Lipinski definition) is 3. The number of pyridine rings is 1. The summed E-state index contributed by atoms with van der Waals surface area (Å²) >= 11 is 0. The van der Waals surface area contributed by atoms with E-state index in [4.69, 9.17) is 5.10 Å². The quantitative estimate of drug-likeness (QED) is 0.600. The van der Waals surface area contributed by atoms with E-state index < -0.39 is 0 Å². The molecule has 0 fully saturated rings. The fourth-order valence-electron chi connectivity index (χ4n) is 2.59. The first-order chi connectivity index (χ1) is 11.1. The molecule has 0 bridgehead atoms. The van der Waals surface area contributed by atoms with Gasteiger partial charge in [-0.25, -0.2) is 9.66 Å². The zero-order chi connectivity index (χ0) is 18.1. The Hall–Kier alpha value is -2.23. The molecule has 2 rings (SSSR count). The molecule has 0 N–H and O–H groups in total. The smallest absolute Gasteiger partial charge is 0.178 e. The van der Waals surface area contributed by atoms with Gasteiger partial charge in [0.1, 0.15) is 5.69 Å². The Balaban J connectivity index is 2.56. The minimum Gasteiger partial charge on any atom is -0.293 e. The van der Waals surface area contributed by atoms with Crippen molar-refractivity contribution in [3.8, 4) is 0 Å². The highest BCUT2D eigenvalue weighted by Crippen LogP contribution is 2.28. The minimum absolute atomic E-state index is 0.00835. The molecule has 128 valence electrons. The lowest BCUT2D eigenvalue weighted by Gasteiger charge is -2.21. The van der Waals surface area contributed by atoms with Crippen molar-refractivity contribution in [2.24, 2.45) is 5.10 Å². The molecule has 0 aliphatic rings. The molecule has 2 aromatic heterocycles. The van der Waals surface area contributed by atoms with Crippen molar-refractivity contribution in [3.63, 3.8) is 0 Å². The molecule has 0 radical (unpaired) electrons. The third kappa shape index (κ3) is 3.81. The summed E-state index contributed by atoms with van der Waals surface area (Å²) in [6, 6.07) is 9.75. The molecule has 4 heteroatoms. The number of Topliss-reactive ketones (excluding diaryl/α,β-unsaturated/α-hetero) is 1. The van der Waals surface area contributed by atoms with Crippen LogP contribution in [0.4, 0.5) is 0 Å². The van der Waals surface area contributed by atoms with Gasteiger partial charge < -0.3 is 0 Å². The molecular weight excluding hydrogens is 298 g/mol. The average Bonchev–Trinajstić information content (AvgIpc) is 2.91. The number of carbonyl (C=O) groups excluding carboxylic acids is 1. The van der Waals surface area contributed by atoms with Crippen molar-refractivity contribution < 1.29 is 4.79 Å². The molecule has 0 atom stereocenters. The molecule has 0 saturated heterocycles. The molecule has 4 nitrogen and oxygen atoms in total. The Labute approximate surface area is 144 Å². The van der Waals surface area contributed by atoms with Crippen molar-refractivity contribution in [3.05, 3.63) is 53.1 Å². The predicted octanol–water partition coefficient (Wildman–Crippen LogP) is 4.78. The van der Waals surface area contributed by atoms with Gasteiger partial charge in [-0.1, -0.05) is 40.7 Å². The van der Waals surface area contributed by atoms with Gasteiger partial charge in [-0.15, -0.1) is 0 Å². The van der Waals surface area contributed by atoms with Crippen molar-refractivity contribution in [1.82, 2.24) is 9.66 Å². The third-order valence-corrected chi connectivity index (χ3v) is 3.98. The first-order valence-electron chi connectivity index (χ1n) is 8.37. The first-order valence-corrected chi connectivity index (χ1v) is 8.37. The van der Waals surface area contributed by atoms with Crippen LogP contribution in [0.15, 0.2) is 35.4 Å². The van der Waals surface area contributed by atoms with Gasteiger partial charge in [0.05, 0.1) is 11.4 Å². The lowest BCUT2D eigenvalue weighted by molar-refractivity contribution is 0.101. The van der Waals surface area contributed by atoms with Gasteiger partial charge in [-0.05, 0) is 37.1 Å². The van der Waals surface area contributed by atoms with Crippen molar-refractivity contribution in [2.45, 2.75) is 59.8 Å². The molecule has 0 saturated carbocycles. The van der Waals surface area contributed by atoms with E-state index in [1.165, 1.54) is 12.6 Å². The van der Waals surface area contributed by atoms with E-state index in [-0.39, 0.29) is 11.2 Å². The van der Waals surface area contributed by atoms with E-state index >= 15 is 0 Å².